The van der Waals surface area contributed by atoms with Crippen molar-refractivity contribution in [3.05, 3.63) is 29.6 Å². The lowest BCUT2D eigenvalue weighted by molar-refractivity contribution is 0.0922. The summed E-state index contributed by atoms with van der Waals surface area (Å²) in [5.41, 5.74) is 0.193. The van der Waals surface area contributed by atoms with E-state index >= 15 is 0 Å². The zero-order chi connectivity index (χ0) is 12.1. The Bertz CT molecular complexity index is 381. The molecule has 0 saturated carbocycles. The number of ether oxygens (including phenoxy) is 1. The number of methoxy groups -OCH3 is 1. The Balaban J connectivity index is 2.81. The van der Waals surface area contributed by atoms with Gasteiger partial charge in [0.05, 0.1) is 13.7 Å². The van der Waals surface area contributed by atoms with Crippen LogP contribution in [0, 0.1) is 5.82 Å². The summed E-state index contributed by atoms with van der Waals surface area (Å²) in [4.78, 5) is 11.5. The molecule has 0 aliphatic rings. The Hall–Kier alpha value is -1.62. The van der Waals surface area contributed by atoms with Crippen LogP contribution < -0.4 is 10.1 Å². The number of aliphatic hydroxyl groups is 1. The van der Waals surface area contributed by atoms with Gasteiger partial charge in [-0.2, -0.15) is 0 Å². The van der Waals surface area contributed by atoms with Crippen molar-refractivity contribution < 1.29 is 19.0 Å². The van der Waals surface area contributed by atoms with Crippen molar-refractivity contribution in [3.63, 3.8) is 0 Å². The lowest BCUT2D eigenvalue weighted by Crippen LogP contribution is -2.35. The van der Waals surface area contributed by atoms with Crippen LogP contribution in [-0.2, 0) is 0 Å². The normalized spacial score (nSPS) is 12.0. The smallest absolute Gasteiger partial charge is 0.251 e. The van der Waals surface area contributed by atoms with E-state index in [1.54, 1.807) is 6.92 Å². The van der Waals surface area contributed by atoms with Gasteiger partial charge in [0, 0.05) is 11.6 Å². The van der Waals surface area contributed by atoms with Crippen molar-refractivity contribution in [2.24, 2.45) is 0 Å². The van der Waals surface area contributed by atoms with E-state index in [9.17, 15) is 9.18 Å². The summed E-state index contributed by atoms with van der Waals surface area (Å²) in [6.45, 7) is 1.49. The molecule has 1 aromatic carbocycles. The maximum absolute atomic E-state index is 13.3. The Labute approximate surface area is 93.0 Å². The molecule has 1 rings (SSSR count). The first-order valence-corrected chi connectivity index (χ1v) is 4.83. The molecular weight excluding hydrogens is 213 g/mol. The molecule has 5 heteroatoms. The van der Waals surface area contributed by atoms with E-state index in [2.05, 4.69) is 5.32 Å². The van der Waals surface area contributed by atoms with Crippen molar-refractivity contribution in [1.82, 2.24) is 5.32 Å². The number of amides is 1. The summed E-state index contributed by atoms with van der Waals surface area (Å²) >= 11 is 0. The van der Waals surface area contributed by atoms with Gasteiger partial charge in [0.25, 0.3) is 5.91 Å². The number of rotatable bonds is 4. The van der Waals surface area contributed by atoms with E-state index in [0.29, 0.717) is 0 Å². The second kappa shape index (κ2) is 5.46. The highest BCUT2D eigenvalue weighted by Crippen LogP contribution is 2.17. The first-order chi connectivity index (χ1) is 7.58. The number of benzene rings is 1. The number of aliphatic hydroxyl groups excluding tert-OH is 1. The quantitative estimate of drug-likeness (QED) is 0.805. The number of halogens is 1. The third kappa shape index (κ3) is 2.93. The molecule has 4 nitrogen and oxygen atoms in total. The van der Waals surface area contributed by atoms with Crippen LogP contribution in [0.5, 0.6) is 5.75 Å². The van der Waals surface area contributed by atoms with Crippen LogP contribution >= 0.6 is 0 Å². The maximum Gasteiger partial charge on any atom is 0.251 e. The summed E-state index contributed by atoms with van der Waals surface area (Å²) in [7, 11) is 1.35. The minimum absolute atomic E-state index is 0.0896. The second-order valence-electron chi connectivity index (χ2n) is 3.41. The molecule has 0 aromatic heterocycles. The van der Waals surface area contributed by atoms with Crippen molar-refractivity contribution in [1.29, 1.82) is 0 Å². The van der Waals surface area contributed by atoms with Gasteiger partial charge in [0.2, 0.25) is 0 Å². The van der Waals surface area contributed by atoms with Crippen LogP contribution in [0.4, 0.5) is 4.39 Å². The minimum Gasteiger partial charge on any atom is -0.494 e. The first-order valence-electron chi connectivity index (χ1n) is 4.83. The second-order valence-corrected chi connectivity index (χ2v) is 3.41. The molecule has 0 saturated heterocycles. The number of carbonyl (C=O) groups is 1. The van der Waals surface area contributed by atoms with Crippen LogP contribution in [0.2, 0.25) is 0 Å². The number of nitrogens with one attached hydrogen (secondary N) is 1. The number of carbonyl (C=O) groups excluding carboxylic acids is 1. The number of hydrogen-bond donors (Lipinski definition) is 2. The molecule has 0 aliphatic heterocycles. The highest BCUT2D eigenvalue weighted by molar-refractivity contribution is 5.94. The average molecular weight is 227 g/mol. The van der Waals surface area contributed by atoms with Gasteiger partial charge in [-0.1, -0.05) is 0 Å². The van der Waals surface area contributed by atoms with Gasteiger partial charge in [0.1, 0.15) is 0 Å². The molecule has 1 amide bonds. The molecule has 0 heterocycles. The zero-order valence-corrected chi connectivity index (χ0v) is 9.16. The van der Waals surface area contributed by atoms with E-state index < -0.39 is 11.7 Å². The van der Waals surface area contributed by atoms with Gasteiger partial charge >= 0.3 is 0 Å². The van der Waals surface area contributed by atoms with Crippen LogP contribution in [0.3, 0.4) is 0 Å². The highest BCUT2D eigenvalue weighted by Gasteiger charge is 2.11. The fourth-order valence-corrected chi connectivity index (χ4v) is 1.16. The Morgan fingerprint density at radius 2 is 2.31 bits per heavy atom. The Kier molecular flexibility index (Phi) is 4.25. The SMILES string of the molecule is COc1ccc(C(=O)NC(C)CO)cc1F. The van der Waals surface area contributed by atoms with Crippen LogP contribution in [0.1, 0.15) is 17.3 Å². The third-order valence-corrected chi connectivity index (χ3v) is 2.07. The summed E-state index contributed by atoms with van der Waals surface area (Å²) in [6, 6.07) is 3.57. The van der Waals surface area contributed by atoms with Crippen LogP contribution in [-0.4, -0.2) is 30.8 Å². The molecule has 1 unspecified atom stereocenters. The fraction of sp³-hybridized carbons (Fsp3) is 0.364. The predicted octanol–water partition coefficient (Wildman–Crippen LogP) is 0.945. The van der Waals surface area contributed by atoms with E-state index in [4.69, 9.17) is 9.84 Å². The summed E-state index contributed by atoms with van der Waals surface area (Å²) in [6.07, 6.45) is 0. The lowest BCUT2D eigenvalue weighted by atomic mass is 10.2. The topological polar surface area (TPSA) is 58.6 Å². The van der Waals surface area contributed by atoms with Crippen LogP contribution in [0.25, 0.3) is 0 Å². The molecule has 2 N–H and O–H groups in total. The van der Waals surface area contributed by atoms with E-state index in [0.717, 1.165) is 6.07 Å². The van der Waals surface area contributed by atoms with E-state index in [1.165, 1.54) is 19.2 Å². The molecule has 16 heavy (non-hydrogen) atoms. The van der Waals surface area contributed by atoms with Crippen LogP contribution in [0.15, 0.2) is 18.2 Å². The molecule has 0 spiro atoms. The van der Waals surface area contributed by atoms with Gasteiger partial charge in [-0.25, -0.2) is 4.39 Å². The molecule has 0 bridgehead atoms. The van der Waals surface area contributed by atoms with Gasteiger partial charge in [-0.3, -0.25) is 4.79 Å². The van der Waals surface area contributed by atoms with Crippen molar-refractivity contribution in [2.45, 2.75) is 13.0 Å². The molecular formula is C11H14FNO3. The molecule has 1 atom stereocenters. The highest BCUT2D eigenvalue weighted by atomic mass is 19.1. The average Bonchev–Trinajstić information content (AvgIpc) is 2.28. The molecule has 0 aliphatic carbocycles. The lowest BCUT2D eigenvalue weighted by Gasteiger charge is -2.11. The Morgan fingerprint density at radius 3 is 2.81 bits per heavy atom. The minimum atomic E-state index is -0.591. The predicted molar refractivity (Wildman–Crippen MR) is 57.0 cm³/mol. The summed E-state index contributed by atoms with van der Waals surface area (Å²) in [5.74, 6) is -0.929. The molecule has 0 radical (unpaired) electrons. The van der Waals surface area contributed by atoms with Gasteiger partial charge in [-0.05, 0) is 25.1 Å². The Morgan fingerprint density at radius 1 is 1.62 bits per heavy atom. The van der Waals surface area contributed by atoms with Gasteiger partial charge < -0.3 is 15.2 Å². The monoisotopic (exact) mass is 227 g/mol. The molecule has 0 fully saturated rings. The van der Waals surface area contributed by atoms with E-state index in [-0.39, 0.29) is 24.0 Å². The molecule has 88 valence electrons. The van der Waals surface area contributed by atoms with E-state index in [1.807, 2.05) is 0 Å². The largest absolute Gasteiger partial charge is 0.494 e. The summed E-state index contributed by atoms with van der Waals surface area (Å²) in [5, 5.41) is 11.3. The fourth-order valence-electron chi connectivity index (χ4n) is 1.16. The van der Waals surface area contributed by atoms with Crippen molar-refractivity contribution >= 4 is 5.91 Å². The van der Waals surface area contributed by atoms with Crippen molar-refractivity contribution in [3.8, 4) is 5.75 Å². The first kappa shape index (κ1) is 12.4. The van der Waals surface area contributed by atoms with Crippen molar-refractivity contribution in [2.75, 3.05) is 13.7 Å². The standard InChI is InChI=1S/C11H14FNO3/c1-7(6-14)13-11(15)8-3-4-10(16-2)9(12)5-8/h3-5,7,14H,6H2,1-2H3,(H,13,15). The number of hydrogen-bond acceptors (Lipinski definition) is 3. The zero-order valence-electron chi connectivity index (χ0n) is 9.16. The molecule has 1 aromatic rings. The summed E-state index contributed by atoms with van der Waals surface area (Å²) < 4.78 is 18.0. The van der Waals surface area contributed by atoms with Gasteiger partial charge in [0.15, 0.2) is 11.6 Å². The third-order valence-electron chi connectivity index (χ3n) is 2.07. The maximum atomic E-state index is 13.3. The van der Waals surface area contributed by atoms with Gasteiger partial charge in [-0.15, -0.1) is 0 Å².